The molecule has 1 aromatic rings. The number of hydrogen-bond acceptors (Lipinski definition) is 1. The van der Waals surface area contributed by atoms with Gasteiger partial charge in [-0.1, -0.05) is 22.5 Å². The third-order valence-corrected chi connectivity index (χ3v) is 1.68. The average Bonchev–Trinajstić information content (AvgIpc) is 2.09. The van der Waals surface area contributed by atoms with E-state index in [1.807, 2.05) is 18.5 Å². The molecule has 3 heteroatoms. The van der Waals surface area contributed by atoms with E-state index in [4.69, 9.17) is 0 Å². The Bertz CT molecular complexity index is 276. The van der Waals surface area contributed by atoms with Crippen LogP contribution in [-0.4, -0.2) is 9.78 Å². The van der Waals surface area contributed by atoms with Crippen LogP contribution in [0.1, 0.15) is 11.4 Å². The molecular weight excluding hydrogens is 204 g/mol. The average molecular weight is 215 g/mol. The van der Waals surface area contributed by atoms with Crippen molar-refractivity contribution in [2.75, 3.05) is 0 Å². The van der Waals surface area contributed by atoms with Crippen LogP contribution in [-0.2, 0) is 6.54 Å². The maximum Gasteiger partial charge on any atom is 0.0721 e. The summed E-state index contributed by atoms with van der Waals surface area (Å²) >= 11 is 3.30. The number of aromatic nitrogens is 2. The molecule has 0 aliphatic heterocycles. The Morgan fingerprint density at radius 3 is 2.73 bits per heavy atom. The predicted molar refractivity (Wildman–Crippen MR) is 49.8 cm³/mol. The zero-order valence-corrected chi connectivity index (χ0v) is 8.35. The minimum Gasteiger partial charge on any atom is -0.265 e. The zero-order chi connectivity index (χ0) is 8.43. The van der Waals surface area contributed by atoms with Crippen molar-refractivity contribution in [3.05, 3.63) is 28.5 Å². The molecule has 11 heavy (non-hydrogen) atoms. The first-order valence-electron chi connectivity index (χ1n) is 3.44. The molecule has 0 radical (unpaired) electrons. The van der Waals surface area contributed by atoms with Crippen LogP contribution in [0.15, 0.2) is 17.1 Å². The maximum atomic E-state index is 4.28. The number of allylic oxidation sites excluding steroid dienone is 1. The molecule has 60 valence electrons. The van der Waals surface area contributed by atoms with E-state index in [2.05, 4.69) is 33.7 Å². The molecular formula is C8H11BrN2. The monoisotopic (exact) mass is 214 g/mol. The maximum absolute atomic E-state index is 4.28. The molecule has 1 heterocycles. The normalized spacial score (nSPS) is 10.1. The molecule has 0 unspecified atom stereocenters. The zero-order valence-electron chi connectivity index (χ0n) is 6.76. The van der Waals surface area contributed by atoms with E-state index in [0.29, 0.717) is 0 Å². The molecule has 0 aliphatic rings. The number of halogens is 1. The van der Waals surface area contributed by atoms with E-state index >= 15 is 0 Å². The standard InChI is InChI=1S/C8H11BrN2/c1-6(9)5-11-8(3)4-7(2)10-11/h4H,1,5H2,2-3H3. The molecule has 0 bridgehead atoms. The summed E-state index contributed by atoms with van der Waals surface area (Å²) in [7, 11) is 0. The van der Waals surface area contributed by atoms with Gasteiger partial charge in [-0.05, 0) is 19.9 Å². The Morgan fingerprint density at radius 1 is 1.73 bits per heavy atom. The van der Waals surface area contributed by atoms with Crippen LogP contribution in [0, 0.1) is 13.8 Å². The highest BCUT2D eigenvalue weighted by Gasteiger charge is 1.99. The largest absolute Gasteiger partial charge is 0.265 e. The minimum atomic E-state index is 0.750. The molecule has 0 atom stereocenters. The summed E-state index contributed by atoms with van der Waals surface area (Å²) in [4.78, 5) is 0. The Labute approximate surface area is 75.0 Å². The van der Waals surface area contributed by atoms with Crippen LogP contribution in [0.5, 0.6) is 0 Å². The van der Waals surface area contributed by atoms with Crippen molar-refractivity contribution in [1.29, 1.82) is 0 Å². The number of rotatable bonds is 2. The Balaban J connectivity index is 2.85. The van der Waals surface area contributed by atoms with Crippen molar-refractivity contribution in [3.63, 3.8) is 0 Å². The lowest BCUT2D eigenvalue weighted by Gasteiger charge is -2.00. The van der Waals surface area contributed by atoms with Gasteiger partial charge in [-0.25, -0.2) is 0 Å². The van der Waals surface area contributed by atoms with Crippen LogP contribution >= 0.6 is 15.9 Å². The highest BCUT2D eigenvalue weighted by molar-refractivity contribution is 9.11. The second-order valence-corrected chi connectivity index (χ2v) is 3.72. The van der Waals surface area contributed by atoms with Crippen molar-refractivity contribution in [2.24, 2.45) is 0 Å². The van der Waals surface area contributed by atoms with E-state index < -0.39 is 0 Å². The quantitative estimate of drug-likeness (QED) is 0.740. The third-order valence-electron chi connectivity index (χ3n) is 1.42. The Morgan fingerprint density at radius 2 is 2.36 bits per heavy atom. The van der Waals surface area contributed by atoms with Crippen LogP contribution in [0.4, 0.5) is 0 Å². The first-order chi connectivity index (χ1) is 5.09. The second-order valence-electron chi connectivity index (χ2n) is 2.60. The highest BCUT2D eigenvalue weighted by Crippen LogP contribution is 2.08. The fraction of sp³-hybridized carbons (Fsp3) is 0.375. The molecule has 1 aromatic heterocycles. The number of nitrogens with zero attached hydrogens (tertiary/aromatic N) is 2. The van der Waals surface area contributed by atoms with Gasteiger partial charge in [0, 0.05) is 10.2 Å². The molecule has 0 saturated carbocycles. The van der Waals surface area contributed by atoms with Gasteiger partial charge in [0.1, 0.15) is 0 Å². The molecule has 2 nitrogen and oxygen atoms in total. The fourth-order valence-electron chi connectivity index (χ4n) is 0.998. The van der Waals surface area contributed by atoms with E-state index in [9.17, 15) is 0 Å². The van der Waals surface area contributed by atoms with Crippen molar-refractivity contribution < 1.29 is 0 Å². The summed E-state index contributed by atoms with van der Waals surface area (Å²) in [6.45, 7) is 8.53. The summed E-state index contributed by atoms with van der Waals surface area (Å²) in [5.74, 6) is 0. The Kier molecular flexibility index (Phi) is 2.49. The molecule has 0 aromatic carbocycles. The molecule has 0 aliphatic carbocycles. The van der Waals surface area contributed by atoms with Gasteiger partial charge in [0.05, 0.1) is 12.2 Å². The van der Waals surface area contributed by atoms with Gasteiger partial charge in [-0.2, -0.15) is 5.10 Å². The third kappa shape index (κ3) is 2.19. The summed E-state index contributed by atoms with van der Waals surface area (Å²) in [5, 5.41) is 4.28. The van der Waals surface area contributed by atoms with E-state index in [1.165, 1.54) is 5.69 Å². The number of aryl methyl sites for hydroxylation is 2. The molecule has 0 N–H and O–H groups in total. The van der Waals surface area contributed by atoms with Crippen LogP contribution in [0.3, 0.4) is 0 Å². The smallest absolute Gasteiger partial charge is 0.0721 e. The lowest BCUT2D eigenvalue weighted by molar-refractivity contribution is 0.669. The van der Waals surface area contributed by atoms with Crippen LogP contribution in [0.25, 0.3) is 0 Å². The van der Waals surface area contributed by atoms with Crippen LogP contribution in [0.2, 0.25) is 0 Å². The first-order valence-corrected chi connectivity index (χ1v) is 4.23. The van der Waals surface area contributed by atoms with Crippen molar-refractivity contribution >= 4 is 15.9 Å². The lowest BCUT2D eigenvalue weighted by Crippen LogP contribution is -2.01. The van der Waals surface area contributed by atoms with Crippen LogP contribution < -0.4 is 0 Å². The van der Waals surface area contributed by atoms with Gasteiger partial charge in [-0.15, -0.1) is 0 Å². The first kappa shape index (κ1) is 8.53. The van der Waals surface area contributed by atoms with E-state index in [-0.39, 0.29) is 0 Å². The second kappa shape index (κ2) is 3.22. The Hall–Kier alpha value is -0.570. The molecule has 0 spiro atoms. The summed E-state index contributed by atoms with van der Waals surface area (Å²) in [5.41, 5.74) is 2.22. The molecule has 0 amide bonds. The minimum absolute atomic E-state index is 0.750. The van der Waals surface area contributed by atoms with Gasteiger partial charge in [-0.3, -0.25) is 4.68 Å². The summed E-state index contributed by atoms with van der Waals surface area (Å²) < 4.78 is 2.87. The van der Waals surface area contributed by atoms with Gasteiger partial charge < -0.3 is 0 Å². The van der Waals surface area contributed by atoms with Crippen molar-refractivity contribution in [2.45, 2.75) is 20.4 Å². The molecule has 0 fully saturated rings. The van der Waals surface area contributed by atoms with E-state index in [1.54, 1.807) is 0 Å². The summed E-state index contributed by atoms with van der Waals surface area (Å²) in [6, 6.07) is 2.05. The number of hydrogen-bond donors (Lipinski definition) is 0. The predicted octanol–water partition coefficient (Wildman–Crippen LogP) is 2.41. The van der Waals surface area contributed by atoms with Crippen molar-refractivity contribution in [3.8, 4) is 0 Å². The van der Waals surface area contributed by atoms with Gasteiger partial charge in [0.25, 0.3) is 0 Å². The van der Waals surface area contributed by atoms with E-state index in [0.717, 1.165) is 16.7 Å². The lowest BCUT2D eigenvalue weighted by atomic mass is 10.4. The SMILES string of the molecule is C=C(Br)Cn1nc(C)cc1C. The fourth-order valence-corrected chi connectivity index (χ4v) is 1.24. The summed E-state index contributed by atoms with van der Waals surface area (Å²) in [6.07, 6.45) is 0. The molecule has 0 saturated heterocycles. The van der Waals surface area contributed by atoms with Gasteiger partial charge in [0.15, 0.2) is 0 Å². The highest BCUT2D eigenvalue weighted by atomic mass is 79.9. The van der Waals surface area contributed by atoms with Gasteiger partial charge in [0.2, 0.25) is 0 Å². The van der Waals surface area contributed by atoms with Gasteiger partial charge >= 0.3 is 0 Å². The topological polar surface area (TPSA) is 17.8 Å². The van der Waals surface area contributed by atoms with Crippen molar-refractivity contribution in [1.82, 2.24) is 9.78 Å². The molecule has 1 rings (SSSR count).